The van der Waals surface area contributed by atoms with Crippen LogP contribution in [-0.4, -0.2) is 30.5 Å². The molecule has 0 saturated heterocycles. The van der Waals surface area contributed by atoms with Crippen LogP contribution in [0.2, 0.25) is 0 Å². The van der Waals surface area contributed by atoms with Gasteiger partial charge in [0.05, 0.1) is 5.56 Å². The molecule has 2 aromatic rings. The lowest BCUT2D eigenvalue weighted by molar-refractivity contribution is 0.0954. The molecule has 1 heterocycles. The molecule has 0 aliphatic carbocycles. The van der Waals surface area contributed by atoms with Gasteiger partial charge in [-0.3, -0.25) is 4.79 Å². The fourth-order valence-corrected chi connectivity index (χ4v) is 2.41. The zero-order chi connectivity index (χ0) is 15.8. The molecule has 4 nitrogen and oxygen atoms in total. The van der Waals surface area contributed by atoms with Crippen LogP contribution in [0.3, 0.4) is 0 Å². The van der Waals surface area contributed by atoms with Crippen LogP contribution >= 0.6 is 0 Å². The molecule has 2 rings (SSSR count). The van der Waals surface area contributed by atoms with Crippen LogP contribution in [0, 0.1) is 0 Å². The number of hydrogen-bond donors (Lipinski definition) is 1. The van der Waals surface area contributed by atoms with E-state index < -0.39 is 0 Å². The zero-order valence-electron chi connectivity index (χ0n) is 13.2. The molecule has 0 aliphatic heterocycles. The van der Waals surface area contributed by atoms with Crippen molar-refractivity contribution in [3.63, 3.8) is 0 Å². The van der Waals surface area contributed by atoms with Crippen molar-refractivity contribution in [2.75, 3.05) is 24.5 Å². The van der Waals surface area contributed by atoms with Gasteiger partial charge < -0.3 is 10.2 Å². The topological polar surface area (TPSA) is 45.2 Å². The van der Waals surface area contributed by atoms with Crippen LogP contribution < -0.4 is 10.2 Å². The van der Waals surface area contributed by atoms with Gasteiger partial charge in [-0.25, -0.2) is 4.98 Å². The molecule has 0 bridgehead atoms. The molecule has 0 saturated carbocycles. The number of aromatic nitrogens is 1. The first-order valence-electron chi connectivity index (χ1n) is 7.78. The van der Waals surface area contributed by atoms with Crippen molar-refractivity contribution in [3.05, 3.63) is 59.8 Å². The average Bonchev–Trinajstić information content (AvgIpc) is 2.57. The molecule has 0 aliphatic rings. The molecule has 1 amide bonds. The number of amides is 1. The molecular weight excluding hydrogens is 274 g/mol. The minimum atomic E-state index is -0.0640. The van der Waals surface area contributed by atoms with Crippen molar-refractivity contribution in [1.82, 2.24) is 10.3 Å². The summed E-state index contributed by atoms with van der Waals surface area (Å²) in [6.45, 7) is 6.41. The number of nitrogens with one attached hydrogen (secondary N) is 1. The van der Waals surface area contributed by atoms with Crippen LogP contribution in [0.1, 0.15) is 29.8 Å². The third-order valence-corrected chi connectivity index (χ3v) is 3.64. The number of nitrogens with zero attached hydrogens (tertiary/aromatic N) is 2. The Hall–Kier alpha value is -2.36. The number of hydrogen-bond acceptors (Lipinski definition) is 3. The second-order valence-corrected chi connectivity index (χ2v) is 5.04. The van der Waals surface area contributed by atoms with E-state index in [-0.39, 0.29) is 5.91 Å². The molecule has 0 radical (unpaired) electrons. The van der Waals surface area contributed by atoms with Gasteiger partial charge in [0, 0.05) is 25.8 Å². The first-order valence-corrected chi connectivity index (χ1v) is 7.78. The van der Waals surface area contributed by atoms with Crippen molar-refractivity contribution >= 4 is 11.7 Å². The minimum Gasteiger partial charge on any atom is -0.357 e. The summed E-state index contributed by atoms with van der Waals surface area (Å²) < 4.78 is 0. The lowest BCUT2D eigenvalue weighted by atomic mass is 10.1. The zero-order valence-corrected chi connectivity index (χ0v) is 13.2. The lowest BCUT2D eigenvalue weighted by Crippen LogP contribution is -2.30. The highest BCUT2D eigenvalue weighted by atomic mass is 16.1. The molecule has 0 fully saturated rings. The Morgan fingerprint density at radius 3 is 2.50 bits per heavy atom. The van der Waals surface area contributed by atoms with E-state index in [9.17, 15) is 4.79 Å². The number of carbonyl (C=O) groups is 1. The summed E-state index contributed by atoms with van der Waals surface area (Å²) in [4.78, 5) is 18.9. The van der Waals surface area contributed by atoms with E-state index in [1.807, 2.05) is 24.3 Å². The van der Waals surface area contributed by atoms with Crippen molar-refractivity contribution in [2.24, 2.45) is 0 Å². The molecule has 0 unspecified atom stereocenters. The van der Waals surface area contributed by atoms with Gasteiger partial charge in [-0.15, -0.1) is 0 Å². The van der Waals surface area contributed by atoms with Gasteiger partial charge in [-0.2, -0.15) is 0 Å². The van der Waals surface area contributed by atoms with Gasteiger partial charge >= 0.3 is 0 Å². The van der Waals surface area contributed by atoms with Crippen molar-refractivity contribution in [3.8, 4) is 0 Å². The number of pyridine rings is 1. The minimum absolute atomic E-state index is 0.0640. The van der Waals surface area contributed by atoms with Gasteiger partial charge in [-0.1, -0.05) is 30.3 Å². The predicted octanol–water partition coefficient (Wildman–Crippen LogP) is 2.90. The quantitative estimate of drug-likeness (QED) is 0.854. The van der Waals surface area contributed by atoms with Crippen LogP contribution in [0.25, 0.3) is 0 Å². The Bertz CT molecular complexity index is 594. The van der Waals surface area contributed by atoms with Gasteiger partial charge in [0.25, 0.3) is 5.91 Å². The number of carbonyl (C=O) groups excluding carboxylic acids is 1. The van der Waals surface area contributed by atoms with E-state index in [4.69, 9.17) is 0 Å². The fourth-order valence-electron chi connectivity index (χ4n) is 2.41. The maximum absolute atomic E-state index is 12.4. The van der Waals surface area contributed by atoms with E-state index in [1.165, 1.54) is 5.56 Å². The molecule has 4 heteroatoms. The standard InChI is InChI=1S/C18H23N3O/c1-3-21(4-2)17-16(11-8-13-19-17)18(22)20-14-12-15-9-6-5-7-10-15/h5-11,13H,3-4,12,14H2,1-2H3,(H,20,22). The molecule has 1 N–H and O–H groups in total. The number of anilines is 1. The molecule has 22 heavy (non-hydrogen) atoms. The van der Waals surface area contributed by atoms with Crippen LogP contribution in [0.5, 0.6) is 0 Å². The van der Waals surface area contributed by atoms with Crippen LogP contribution in [-0.2, 0) is 6.42 Å². The monoisotopic (exact) mass is 297 g/mol. The second-order valence-electron chi connectivity index (χ2n) is 5.04. The van der Waals surface area contributed by atoms with E-state index >= 15 is 0 Å². The fraction of sp³-hybridized carbons (Fsp3) is 0.333. The summed E-state index contributed by atoms with van der Waals surface area (Å²) >= 11 is 0. The number of rotatable bonds is 7. The van der Waals surface area contributed by atoms with Crippen LogP contribution in [0.15, 0.2) is 48.7 Å². The highest BCUT2D eigenvalue weighted by Crippen LogP contribution is 2.16. The highest BCUT2D eigenvalue weighted by molar-refractivity contribution is 5.98. The first-order chi connectivity index (χ1) is 10.8. The van der Waals surface area contributed by atoms with Crippen molar-refractivity contribution in [2.45, 2.75) is 20.3 Å². The van der Waals surface area contributed by atoms with Gasteiger partial charge in [-0.05, 0) is 38.0 Å². The highest BCUT2D eigenvalue weighted by Gasteiger charge is 2.15. The molecule has 116 valence electrons. The summed E-state index contributed by atoms with van der Waals surface area (Å²) in [5.41, 5.74) is 1.86. The second kappa shape index (κ2) is 8.17. The summed E-state index contributed by atoms with van der Waals surface area (Å²) in [5.74, 6) is 0.690. The largest absolute Gasteiger partial charge is 0.357 e. The van der Waals surface area contributed by atoms with Gasteiger partial charge in [0.1, 0.15) is 5.82 Å². The maximum Gasteiger partial charge on any atom is 0.255 e. The Kier molecular flexibility index (Phi) is 5.95. The Balaban J connectivity index is 2.00. The predicted molar refractivity (Wildman–Crippen MR) is 90.3 cm³/mol. The Morgan fingerprint density at radius 2 is 1.82 bits per heavy atom. The summed E-state index contributed by atoms with van der Waals surface area (Å²) in [5, 5.41) is 2.99. The summed E-state index contributed by atoms with van der Waals surface area (Å²) in [6, 6.07) is 13.8. The van der Waals surface area contributed by atoms with E-state index in [2.05, 4.69) is 41.2 Å². The van der Waals surface area contributed by atoms with Crippen LogP contribution in [0.4, 0.5) is 5.82 Å². The smallest absolute Gasteiger partial charge is 0.255 e. The van der Waals surface area contributed by atoms with E-state index in [0.717, 1.165) is 25.3 Å². The molecule has 1 aromatic carbocycles. The average molecular weight is 297 g/mol. The molecular formula is C18H23N3O. The molecule has 0 spiro atoms. The Morgan fingerprint density at radius 1 is 1.09 bits per heavy atom. The maximum atomic E-state index is 12.4. The van der Waals surface area contributed by atoms with Gasteiger partial charge in [0.15, 0.2) is 0 Å². The first kappa shape index (κ1) is 16.0. The Labute approximate surface area is 132 Å². The molecule has 1 aromatic heterocycles. The summed E-state index contributed by atoms with van der Waals surface area (Å²) in [7, 11) is 0. The SMILES string of the molecule is CCN(CC)c1ncccc1C(=O)NCCc1ccccc1. The normalized spacial score (nSPS) is 10.3. The summed E-state index contributed by atoms with van der Waals surface area (Å²) in [6.07, 6.45) is 2.56. The third-order valence-electron chi connectivity index (χ3n) is 3.64. The van der Waals surface area contributed by atoms with Crippen molar-refractivity contribution < 1.29 is 4.79 Å². The number of benzene rings is 1. The van der Waals surface area contributed by atoms with E-state index in [1.54, 1.807) is 12.3 Å². The van der Waals surface area contributed by atoms with E-state index in [0.29, 0.717) is 12.1 Å². The van der Waals surface area contributed by atoms with Crippen molar-refractivity contribution in [1.29, 1.82) is 0 Å². The van der Waals surface area contributed by atoms with Gasteiger partial charge in [0.2, 0.25) is 0 Å². The lowest BCUT2D eigenvalue weighted by Gasteiger charge is -2.22. The molecule has 0 atom stereocenters. The third kappa shape index (κ3) is 4.07.